The van der Waals surface area contributed by atoms with Gasteiger partial charge in [0.2, 0.25) is 5.88 Å². The van der Waals surface area contributed by atoms with Gasteiger partial charge in [0.25, 0.3) is 0 Å². The molecule has 0 spiro atoms. The number of hydrogen-bond donors (Lipinski definition) is 1. The van der Waals surface area contributed by atoms with Crippen LogP contribution in [-0.4, -0.2) is 12.2 Å². The number of phenols is 1. The van der Waals surface area contributed by atoms with Crippen LogP contribution in [0, 0.1) is 0 Å². The molecule has 0 saturated carbocycles. The zero-order chi connectivity index (χ0) is 12.5. The molecule has 3 heteroatoms. The van der Waals surface area contributed by atoms with Crippen LogP contribution in [0.4, 0.5) is 11.6 Å². The number of anilines is 2. The standard InChI is InChI=1S/C15H13NO2/c1-16(12-5-3-2-4-6-12)15-10-11-9-13(17)7-8-14(11)18-15/h2-10,17H,1H3. The van der Waals surface area contributed by atoms with Crippen LogP contribution >= 0.6 is 0 Å². The molecule has 1 heterocycles. The van der Waals surface area contributed by atoms with E-state index in [4.69, 9.17) is 4.42 Å². The van der Waals surface area contributed by atoms with Crippen molar-refractivity contribution < 1.29 is 9.52 Å². The third-order valence-corrected chi connectivity index (χ3v) is 2.96. The Morgan fingerprint density at radius 3 is 2.56 bits per heavy atom. The van der Waals surface area contributed by atoms with E-state index in [1.807, 2.05) is 48.3 Å². The number of fused-ring (bicyclic) bond motifs is 1. The lowest BCUT2D eigenvalue weighted by Gasteiger charge is -2.15. The highest BCUT2D eigenvalue weighted by Crippen LogP contribution is 2.31. The number of nitrogens with zero attached hydrogens (tertiary/aromatic N) is 1. The van der Waals surface area contributed by atoms with Gasteiger partial charge < -0.3 is 14.4 Å². The quantitative estimate of drug-likeness (QED) is 0.736. The van der Waals surface area contributed by atoms with E-state index in [1.165, 1.54) is 0 Å². The fourth-order valence-corrected chi connectivity index (χ4v) is 1.96. The second kappa shape index (κ2) is 4.11. The smallest absolute Gasteiger partial charge is 0.200 e. The van der Waals surface area contributed by atoms with Gasteiger partial charge in [-0.05, 0) is 30.3 Å². The number of aromatic hydroxyl groups is 1. The van der Waals surface area contributed by atoms with Crippen molar-refractivity contribution in [2.24, 2.45) is 0 Å². The summed E-state index contributed by atoms with van der Waals surface area (Å²) in [4.78, 5) is 1.97. The van der Waals surface area contributed by atoms with Crippen LogP contribution in [0.1, 0.15) is 0 Å². The van der Waals surface area contributed by atoms with Crippen molar-refractivity contribution in [3.05, 3.63) is 54.6 Å². The molecule has 0 bridgehead atoms. The van der Waals surface area contributed by atoms with E-state index in [0.717, 1.165) is 22.5 Å². The summed E-state index contributed by atoms with van der Waals surface area (Å²) in [7, 11) is 1.95. The second-order valence-electron chi connectivity index (χ2n) is 4.20. The lowest BCUT2D eigenvalue weighted by atomic mass is 10.2. The fraction of sp³-hybridized carbons (Fsp3) is 0.0667. The highest BCUT2D eigenvalue weighted by Gasteiger charge is 2.09. The molecule has 3 nitrogen and oxygen atoms in total. The van der Waals surface area contributed by atoms with Crippen molar-refractivity contribution >= 4 is 22.5 Å². The summed E-state index contributed by atoms with van der Waals surface area (Å²) >= 11 is 0. The molecular formula is C15H13NO2. The van der Waals surface area contributed by atoms with Gasteiger partial charge in [0.1, 0.15) is 11.3 Å². The van der Waals surface area contributed by atoms with Crippen LogP contribution in [-0.2, 0) is 0 Å². The molecule has 0 atom stereocenters. The molecule has 0 amide bonds. The maximum absolute atomic E-state index is 9.44. The molecule has 3 rings (SSSR count). The van der Waals surface area contributed by atoms with Crippen molar-refractivity contribution in [1.82, 2.24) is 0 Å². The van der Waals surface area contributed by atoms with E-state index in [1.54, 1.807) is 18.2 Å². The average molecular weight is 239 g/mol. The molecule has 0 aliphatic heterocycles. The molecule has 3 aromatic rings. The summed E-state index contributed by atoms with van der Waals surface area (Å²) in [5.74, 6) is 0.999. The minimum absolute atomic E-state index is 0.247. The largest absolute Gasteiger partial charge is 0.508 e. The van der Waals surface area contributed by atoms with Gasteiger partial charge in [-0.15, -0.1) is 0 Å². The third-order valence-electron chi connectivity index (χ3n) is 2.96. The Morgan fingerprint density at radius 1 is 1.00 bits per heavy atom. The number of benzene rings is 2. The molecule has 1 aromatic heterocycles. The van der Waals surface area contributed by atoms with Gasteiger partial charge in [-0.25, -0.2) is 0 Å². The van der Waals surface area contributed by atoms with E-state index < -0.39 is 0 Å². The monoisotopic (exact) mass is 239 g/mol. The minimum atomic E-state index is 0.247. The first kappa shape index (κ1) is 10.7. The van der Waals surface area contributed by atoms with Gasteiger partial charge in [-0.2, -0.15) is 0 Å². The molecular weight excluding hydrogens is 226 g/mol. The Morgan fingerprint density at radius 2 is 1.78 bits per heavy atom. The maximum Gasteiger partial charge on any atom is 0.200 e. The molecule has 0 unspecified atom stereocenters. The Bertz CT molecular complexity index is 673. The first-order chi connectivity index (χ1) is 8.74. The molecule has 1 N–H and O–H groups in total. The number of furan rings is 1. The summed E-state index contributed by atoms with van der Waals surface area (Å²) in [6.45, 7) is 0. The van der Waals surface area contributed by atoms with E-state index in [2.05, 4.69) is 0 Å². The van der Waals surface area contributed by atoms with Crippen LogP contribution in [0.3, 0.4) is 0 Å². The van der Waals surface area contributed by atoms with Crippen molar-refractivity contribution in [2.75, 3.05) is 11.9 Å². The van der Waals surface area contributed by atoms with Gasteiger partial charge in [-0.1, -0.05) is 18.2 Å². The predicted octanol–water partition coefficient (Wildman–Crippen LogP) is 3.91. The van der Waals surface area contributed by atoms with Gasteiger partial charge in [0.15, 0.2) is 0 Å². The van der Waals surface area contributed by atoms with Crippen molar-refractivity contribution in [3.63, 3.8) is 0 Å². The SMILES string of the molecule is CN(c1ccccc1)c1cc2cc(O)ccc2o1. The second-order valence-corrected chi connectivity index (χ2v) is 4.20. The van der Waals surface area contributed by atoms with Gasteiger partial charge in [0.05, 0.1) is 0 Å². The fourth-order valence-electron chi connectivity index (χ4n) is 1.96. The molecule has 90 valence electrons. The van der Waals surface area contributed by atoms with E-state index in [-0.39, 0.29) is 5.75 Å². The highest BCUT2D eigenvalue weighted by atomic mass is 16.4. The summed E-state index contributed by atoms with van der Waals surface area (Å²) in [5, 5.41) is 10.3. The minimum Gasteiger partial charge on any atom is -0.508 e. The van der Waals surface area contributed by atoms with Gasteiger partial charge in [-0.3, -0.25) is 0 Å². The zero-order valence-corrected chi connectivity index (χ0v) is 10.00. The molecule has 0 saturated heterocycles. The van der Waals surface area contributed by atoms with Crippen LogP contribution in [0.25, 0.3) is 11.0 Å². The number of hydrogen-bond acceptors (Lipinski definition) is 3. The Labute approximate surface area is 105 Å². The van der Waals surface area contributed by atoms with Crippen molar-refractivity contribution in [2.45, 2.75) is 0 Å². The van der Waals surface area contributed by atoms with Crippen molar-refractivity contribution in [3.8, 4) is 5.75 Å². The lowest BCUT2D eigenvalue weighted by Crippen LogP contribution is -2.07. The molecule has 0 aliphatic carbocycles. The highest BCUT2D eigenvalue weighted by molar-refractivity contribution is 5.83. The first-order valence-electron chi connectivity index (χ1n) is 5.75. The Kier molecular flexibility index (Phi) is 2.45. The zero-order valence-electron chi connectivity index (χ0n) is 10.00. The number of para-hydroxylation sites is 1. The molecule has 2 aromatic carbocycles. The maximum atomic E-state index is 9.44. The van der Waals surface area contributed by atoms with Crippen LogP contribution < -0.4 is 4.90 Å². The summed E-state index contributed by atoms with van der Waals surface area (Å²) in [5.41, 5.74) is 1.83. The normalized spacial score (nSPS) is 10.7. The first-order valence-corrected chi connectivity index (χ1v) is 5.75. The van der Waals surface area contributed by atoms with E-state index in [0.29, 0.717) is 0 Å². The molecule has 0 radical (unpaired) electrons. The summed E-state index contributed by atoms with van der Waals surface area (Å²) < 4.78 is 5.75. The van der Waals surface area contributed by atoms with E-state index >= 15 is 0 Å². The topological polar surface area (TPSA) is 36.6 Å². The average Bonchev–Trinajstić information content (AvgIpc) is 2.81. The van der Waals surface area contributed by atoms with Crippen LogP contribution in [0.5, 0.6) is 5.75 Å². The van der Waals surface area contributed by atoms with Crippen LogP contribution in [0.2, 0.25) is 0 Å². The predicted molar refractivity (Wildman–Crippen MR) is 72.4 cm³/mol. The number of rotatable bonds is 2. The summed E-state index contributed by atoms with van der Waals surface area (Å²) in [6.07, 6.45) is 0. The van der Waals surface area contributed by atoms with Crippen molar-refractivity contribution in [1.29, 1.82) is 0 Å². The lowest BCUT2D eigenvalue weighted by molar-refractivity contribution is 0.476. The van der Waals surface area contributed by atoms with Crippen LogP contribution in [0.15, 0.2) is 59.0 Å². The number of phenolic OH excluding ortho intramolecular Hbond substituents is 1. The van der Waals surface area contributed by atoms with E-state index in [9.17, 15) is 5.11 Å². The third kappa shape index (κ3) is 1.80. The van der Waals surface area contributed by atoms with Gasteiger partial charge >= 0.3 is 0 Å². The Hall–Kier alpha value is -2.42. The van der Waals surface area contributed by atoms with Gasteiger partial charge in [0, 0.05) is 24.2 Å². The molecule has 0 fully saturated rings. The molecule has 18 heavy (non-hydrogen) atoms. The molecule has 0 aliphatic rings. The Balaban J connectivity index is 2.04. The summed E-state index contributed by atoms with van der Waals surface area (Å²) in [6, 6.07) is 17.0.